The first-order chi connectivity index (χ1) is 14.5. The van der Waals surface area contributed by atoms with Crippen LogP contribution in [0, 0.1) is 16.0 Å². The number of carbonyl (C=O) groups excluding carboxylic acids is 1. The number of hydrogen-bond acceptors (Lipinski definition) is 5. The van der Waals surface area contributed by atoms with Gasteiger partial charge in [-0.15, -0.1) is 0 Å². The monoisotopic (exact) mass is 401 g/mol. The van der Waals surface area contributed by atoms with Crippen LogP contribution in [0.4, 0.5) is 5.69 Å². The zero-order chi connectivity index (χ0) is 21.1. The van der Waals surface area contributed by atoms with Crippen molar-refractivity contribution in [2.75, 3.05) is 0 Å². The van der Waals surface area contributed by atoms with E-state index in [4.69, 9.17) is 0 Å². The van der Waals surface area contributed by atoms with Gasteiger partial charge in [-0.05, 0) is 35.2 Å². The number of amides is 1. The fraction of sp³-hybridized carbons (Fsp3) is 0.130. The Morgan fingerprint density at radius 3 is 2.20 bits per heavy atom. The number of benzene rings is 3. The minimum Gasteiger partial charge on any atom is -0.502 e. The van der Waals surface area contributed by atoms with Gasteiger partial charge in [-0.25, -0.2) is 5.43 Å². The Kier molecular flexibility index (Phi) is 5.02. The third-order valence-corrected chi connectivity index (χ3v) is 5.44. The summed E-state index contributed by atoms with van der Waals surface area (Å²) in [5, 5.41) is 24.4. The van der Waals surface area contributed by atoms with Crippen LogP contribution in [0.25, 0.3) is 0 Å². The highest BCUT2D eigenvalue weighted by atomic mass is 16.6. The molecule has 2 N–H and O–H groups in total. The van der Waals surface area contributed by atoms with Gasteiger partial charge in [0.25, 0.3) is 0 Å². The summed E-state index contributed by atoms with van der Waals surface area (Å²) in [6.45, 7) is 0. The molecule has 0 radical (unpaired) electrons. The number of rotatable bonds is 6. The van der Waals surface area contributed by atoms with Crippen LogP contribution in [0.2, 0.25) is 0 Å². The van der Waals surface area contributed by atoms with Crippen molar-refractivity contribution in [3.8, 4) is 5.75 Å². The van der Waals surface area contributed by atoms with Gasteiger partial charge in [0, 0.05) is 11.5 Å². The number of aromatic hydroxyl groups is 1. The second kappa shape index (κ2) is 7.79. The number of nitrogens with zero attached hydrogens (tertiary/aromatic N) is 2. The SMILES string of the molecule is O=C(N/N=C\c1ccc([N+](=O)[O-])c(O)c1)[C@@H]1CC1(c1ccccc1)c1ccccc1. The number of hydrogen-bond donors (Lipinski definition) is 2. The summed E-state index contributed by atoms with van der Waals surface area (Å²) in [6.07, 6.45) is 2.02. The number of hydrazone groups is 1. The molecular formula is C23H19N3O4. The van der Waals surface area contributed by atoms with Crippen LogP contribution >= 0.6 is 0 Å². The molecule has 0 aromatic heterocycles. The minimum absolute atomic E-state index is 0.204. The van der Waals surface area contributed by atoms with Crippen molar-refractivity contribution in [2.24, 2.45) is 11.0 Å². The summed E-state index contributed by atoms with van der Waals surface area (Å²) in [5.41, 5.74) is 4.40. The lowest BCUT2D eigenvalue weighted by molar-refractivity contribution is -0.385. The molecule has 4 rings (SSSR count). The van der Waals surface area contributed by atoms with Crippen LogP contribution in [0.1, 0.15) is 23.1 Å². The highest BCUT2D eigenvalue weighted by Gasteiger charge is 2.60. The molecule has 30 heavy (non-hydrogen) atoms. The van der Waals surface area contributed by atoms with Gasteiger partial charge in [0.1, 0.15) is 0 Å². The average molecular weight is 401 g/mol. The molecule has 1 fully saturated rings. The summed E-state index contributed by atoms with van der Waals surface area (Å²) in [7, 11) is 0. The maximum Gasteiger partial charge on any atom is 0.310 e. The fourth-order valence-corrected chi connectivity index (χ4v) is 3.88. The van der Waals surface area contributed by atoms with Crippen molar-refractivity contribution < 1.29 is 14.8 Å². The largest absolute Gasteiger partial charge is 0.502 e. The maximum atomic E-state index is 12.8. The number of nitro benzene ring substituents is 1. The summed E-state index contributed by atoms with van der Waals surface area (Å²) in [6, 6.07) is 23.7. The predicted molar refractivity (Wildman–Crippen MR) is 112 cm³/mol. The van der Waals surface area contributed by atoms with E-state index in [1.54, 1.807) is 0 Å². The maximum absolute atomic E-state index is 12.8. The van der Waals surface area contributed by atoms with Crippen molar-refractivity contribution in [3.63, 3.8) is 0 Å². The van der Waals surface area contributed by atoms with Crippen LogP contribution < -0.4 is 5.43 Å². The van der Waals surface area contributed by atoms with E-state index in [1.165, 1.54) is 24.4 Å². The summed E-state index contributed by atoms with van der Waals surface area (Å²) < 4.78 is 0. The second-order valence-electron chi connectivity index (χ2n) is 7.20. The molecule has 1 atom stereocenters. The van der Waals surface area contributed by atoms with Crippen LogP contribution in [0.15, 0.2) is 84.0 Å². The van der Waals surface area contributed by atoms with E-state index in [0.29, 0.717) is 12.0 Å². The standard InChI is InChI=1S/C23H19N3O4/c27-21-13-16(11-12-20(21)26(29)30)15-24-25-22(28)19-14-23(19,17-7-3-1-4-8-17)18-9-5-2-6-10-18/h1-13,15,19,27H,14H2,(H,25,28)/b24-15-/t19-/m0/s1. The molecule has 150 valence electrons. The molecule has 0 unspecified atom stereocenters. The summed E-state index contributed by atoms with van der Waals surface area (Å²) in [4.78, 5) is 22.9. The van der Waals surface area contributed by atoms with E-state index in [9.17, 15) is 20.0 Å². The molecule has 0 spiro atoms. The molecule has 1 saturated carbocycles. The van der Waals surface area contributed by atoms with Crippen molar-refractivity contribution in [1.82, 2.24) is 5.43 Å². The molecule has 1 aliphatic rings. The Bertz CT molecular complexity index is 1070. The number of phenolic OH excluding ortho intramolecular Hbond substituents is 1. The van der Waals surface area contributed by atoms with Crippen LogP contribution in [-0.2, 0) is 10.2 Å². The first kappa shape index (κ1) is 19.3. The lowest BCUT2D eigenvalue weighted by Crippen LogP contribution is -2.25. The Labute approximate surface area is 172 Å². The molecule has 1 aliphatic carbocycles. The Hall–Kier alpha value is -4.00. The van der Waals surface area contributed by atoms with Crippen molar-refractivity contribution in [1.29, 1.82) is 0 Å². The summed E-state index contributed by atoms with van der Waals surface area (Å²) in [5.74, 6) is -0.917. The molecule has 1 amide bonds. The fourth-order valence-electron chi connectivity index (χ4n) is 3.88. The van der Waals surface area contributed by atoms with Crippen molar-refractivity contribution in [2.45, 2.75) is 11.8 Å². The Morgan fingerprint density at radius 2 is 1.67 bits per heavy atom. The molecule has 0 heterocycles. The molecular weight excluding hydrogens is 382 g/mol. The average Bonchev–Trinajstić information content (AvgIpc) is 3.52. The van der Waals surface area contributed by atoms with Crippen molar-refractivity contribution in [3.05, 3.63) is 106 Å². The normalized spacial score (nSPS) is 16.9. The molecule has 3 aromatic carbocycles. The first-order valence-electron chi connectivity index (χ1n) is 9.44. The van der Waals surface area contributed by atoms with Gasteiger partial charge in [0.15, 0.2) is 5.75 Å². The minimum atomic E-state index is -0.669. The molecule has 0 aliphatic heterocycles. The van der Waals surface area contributed by atoms with Crippen molar-refractivity contribution >= 4 is 17.8 Å². The Balaban J connectivity index is 1.51. The Morgan fingerprint density at radius 1 is 1.07 bits per heavy atom. The molecule has 0 bridgehead atoms. The molecule has 7 heteroatoms. The smallest absolute Gasteiger partial charge is 0.310 e. The van der Waals surface area contributed by atoms with Gasteiger partial charge < -0.3 is 5.11 Å². The van der Waals surface area contributed by atoms with E-state index in [0.717, 1.165) is 11.1 Å². The van der Waals surface area contributed by atoms with E-state index in [2.05, 4.69) is 10.5 Å². The van der Waals surface area contributed by atoms with E-state index in [1.807, 2.05) is 60.7 Å². The lowest BCUT2D eigenvalue weighted by Gasteiger charge is -2.18. The zero-order valence-electron chi connectivity index (χ0n) is 15.9. The van der Waals surface area contributed by atoms with Gasteiger partial charge in [0.2, 0.25) is 5.91 Å². The lowest BCUT2D eigenvalue weighted by atomic mass is 9.85. The number of carbonyl (C=O) groups is 1. The number of phenols is 1. The van der Waals surface area contributed by atoms with Crippen LogP contribution in [0.3, 0.4) is 0 Å². The van der Waals surface area contributed by atoms with Gasteiger partial charge in [0.05, 0.1) is 17.1 Å². The van der Waals surface area contributed by atoms with Gasteiger partial charge >= 0.3 is 5.69 Å². The molecule has 0 saturated heterocycles. The van der Waals surface area contributed by atoms with Gasteiger partial charge in [-0.2, -0.15) is 5.10 Å². The topological polar surface area (TPSA) is 105 Å². The summed E-state index contributed by atoms with van der Waals surface area (Å²) >= 11 is 0. The van der Waals surface area contributed by atoms with Crippen LogP contribution in [-0.4, -0.2) is 22.2 Å². The van der Waals surface area contributed by atoms with Crippen LogP contribution in [0.5, 0.6) is 5.75 Å². The second-order valence-corrected chi connectivity index (χ2v) is 7.20. The quantitative estimate of drug-likeness (QED) is 0.373. The van der Waals surface area contributed by atoms with Gasteiger partial charge in [-0.3, -0.25) is 14.9 Å². The highest BCUT2D eigenvalue weighted by Crippen LogP contribution is 2.58. The number of nitrogens with one attached hydrogen (secondary N) is 1. The molecule has 7 nitrogen and oxygen atoms in total. The van der Waals surface area contributed by atoms with E-state index in [-0.39, 0.29) is 22.9 Å². The highest BCUT2D eigenvalue weighted by molar-refractivity contribution is 5.88. The third-order valence-electron chi connectivity index (χ3n) is 5.44. The number of nitro groups is 1. The van der Waals surface area contributed by atoms with Gasteiger partial charge in [-0.1, -0.05) is 60.7 Å². The third kappa shape index (κ3) is 3.53. The molecule has 3 aromatic rings. The van der Waals surface area contributed by atoms with E-state index < -0.39 is 10.7 Å². The van der Waals surface area contributed by atoms with E-state index >= 15 is 0 Å². The zero-order valence-corrected chi connectivity index (χ0v) is 15.9. The first-order valence-corrected chi connectivity index (χ1v) is 9.44. The predicted octanol–water partition coefficient (Wildman–Crippen LogP) is 3.76.